The summed E-state index contributed by atoms with van der Waals surface area (Å²) in [4.78, 5) is 24.1. The van der Waals surface area contributed by atoms with Crippen LogP contribution < -0.4 is 11.1 Å². The summed E-state index contributed by atoms with van der Waals surface area (Å²) in [6, 6.07) is 7.99. The largest absolute Gasteiger partial charge is 0.450 e. The number of aryl methyl sites for hydroxylation is 1. The lowest BCUT2D eigenvalue weighted by Crippen LogP contribution is -2.24. The van der Waals surface area contributed by atoms with Gasteiger partial charge >= 0.3 is 6.09 Å². The molecular weight excluding hydrogens is 394 g/mol. The lowest BCUT2D eigenvalue weighted by Gasteiger charge is -2.08. The van der Waals surface area contributed by atoms with Crippen LogP contribution in [0.2, 0.25) is 5.28 Å². The number of anilines is 1. The van der Waals surface area contributed by atoms with E-state index in [1.165, 1.54) is 0 Å². The number of pyridine rings is 1. The number of unbranched alkanes of at least 4 members (excludes halogenated alkanes) is 1. The Kier molecular flexibility index (Phi) is 5.48. The van der Waals surface area contributed by atoms with Crippen molar-refractivity contribution in [2.45, 2.75) is 25.9 Å². The molecular formula is C19H20ClN7O2. The van der Waals surface area contributed by atoms with Crippen LogP contribution in [0.5, 0.6) is 0 Å². The number of amides is 1. The number of carbonyl (C=O) groups is 1. The molecule has 4 rings (SSSR count). The van der Waals surface area contributed by atoms with Crippen molar-refractivity contribution >= 4 is 40.2 Å². The topological polar surface area (TPSA) is 112 Å². The summed E-state index contributed by atoms with van der Waals surface area (Å²) in [6.45, 7) is 1.40. The van der Waals surface area contributed by atoms with Crippen molar-refractivity contribution < 1.29 is 9.53 Å². The molecule has 4 aromatic rings. The summed E-state index contributed by atoms with van der Waals surface area (Å²) in [5.74, 6) is 0.259. The summed E-state index contributed by atoms with van der Waals surface area (Å²) in [5, 5.41) is 2.85. The van der Waals surface area contributed by atoms with Crippen molar-refractivity contribution in [3.63, 3.8) is 0 Å². The SMILES string of the molecule is Nc1nc(Cl)nc2c1ncn2CCCCOC(=O)NCc1ccc2cccn2c1. The van der Waals surface area contributed by atoms with Crippen LogP contribution in [0.25, 0.3) is 16.7 Å². The van der Waals surface area contributed by atoms with E-state index in [2.05, 4.69) is 20.3 Å². The molecule has 0 aliphatic heterocycles. The van der Waals surface area contributed by atoms with Crippen molar-refractivity contribution in [1.29, 1.82) is 0 Å². The lowest BCUT2D eigenvalue weighted by molar-refractivity contribution is 0.143. The number of rotatable bonds is 7. The van der Waals surface area contributed by atoms with E-state index in [1.807, 2.05) is 45.6 Å². The highest BCUT2D eigenvalue weighted by molar-refractivity contribution is 6.28. The van der Waals surface area contributed by atoms with Gasteiger partial charge in [0.1, 0.15) is 5.52 Å². The van der Waals surface area contributed by atoms with Crippen LogP contribution in [0.1, 0.15) is 18.4 Å². The number of nitrogens with one attached hydrogen (secondary N) is 1. The first-order valence-corrected chi connectivity index (χ1v) is 9.58. The highest BCUT2D eigenvalue weighted by Gasteiger charge is 2.10. The average Bonchev–Trinajstić information content (AvgIpc) is 3.32. The molecule has 150 valence electrons. The second-order valence-corrected chi connectivity index (χ2v) is 6.90. The fourth-order valence-corrected chi connectivity index (χ4v) is 3.23. The third-order valence-electron chi connectivity index (χ3n) is 4.51. The minimum atomic E-state index is -0.432. The van der Waals surface area contributed by atoms with Crippen molar-refractivity contribution in [2.75, 3.05) is 12.3 Å². The predicted octanol–water partition coefficient (Wildman–Crippen LogP) is 3.02. The molecule has 4 heterocycles. The van der Waals surface area contributed by atoms with Gasteiger partial charge in [-0.05, 0) is 48.2 Å². The number of hydrogen-bond acceptors (Lipinski definition) is 6. The molecule has 0 aromatic carbocycles. The summed E-state index contributed by atoms with van der Waals surface area (Å²) in [5.41, 5.74) is 9.03. The number of nitrogens with two attached hydrogens (primary N) is 1. The van der Waals surface area contributed by atoms with Crippen LogP contribution in [0.3, 0.4) is 0 Å². The minimum Gasteiger partial charge on any atom is -0.450 e. The Balaban J connectivity index is 1.19. The lowest BCUT2D eigenvalue weighted by atomic mass is 10.2. The molecule has 0 bridgehead atoms. The number of halogens is 1. The van der Waals surface area contributed by atoms with Gasteiger partial charge in [-0.3, -0.25) is 0 Å². The zero-order chi connectivity index (χ0) is 20.2. The molecule has 0 aliphatic carbocycles. The Bertz CT molecular complexity index is 1150. The maximum absolute atomic E-state index is 11.9. The average molecular weight is 414 g/mol. The Labute approximate surface area is 171 Å². The number of aromatic nitrogens is 5. The highest BCUT2D eigenvalue weighted by atomic mass is 35.5. The fourth-order valence-electron chi connectivity index (χ4n) is 3.06. The Morgan fingerprint density at radius 1 is 1.24 bits per heavy atom. The second kappa shape index (κ2) is 8.36. The molecule has 9 nitrogen and oxygen atoms in total. The molecule has 10 heteroatoms. The molecule has 0 saturated carbocycles. The molecule has 1 amide bonds. The molecule has 29 heavy (non-hydrogen) atoms. The fraction of sp³-hybridized carbons (Fsp3) is 0.263. The van der Waals surface area contributed by atoms with Crippen LogP contribution in [-0.2, 0) is 17.8 Å². The molecule has 4 aromatic heterocycles. The summed E-state index contributed by atoms with van der Waals surface area (Å²) < 4.78 is 9.10. The van der Waals surface area contributed by atoms with E-state index >= 15 is 0 Å². The van der Waals surface area contributed by atoms with Crippen molar-refractivity contribution in [1.82, 2.24) is 29.2 Å². The van der Waals surface area contributed by atoms with Crippen LogP contribution in [0.15, 0.2) is 43.0 Å². The van der Waals surface area contributed by atoms with Crippen LogP contribution in [0, 0.1) is 0 Å². The molecule has 0 unspecified atom stereocenters. The smallest absolute Gasteiger partial charge is 0.407 e. The van der Waals surface area contributed by atoms with Gasteiger partial charge in [-0.25, -0.2) is 9.78 Å². The third-order valence-corrected chi connectivity index (χ3v) is 4.68. The standard InChI is InChI=1S/C19H20ClN7O2/c20-18-24-16(21)15-17(25-18)27(12-23-15)7-1-2-9-29-19(28)22-10-13-5-6-14-4-3-8-26(14)11-13/h3-6,8,11-12H,1-2,7,9-10H2,(H,22,28)(H2,21,24,25). The number of nitrogens with zero attached hydrogens (tertiary/aromatic N) is 5. The van der Waals surface area contributed by atoms with E-state index in [9.17, 15) is 4.79 Å². The quantitative estimate of drug-likeness (QED) is 0.355. The zero-order valence-corrected chi connectivity index (χ0v) is 16.3. The van der Waals surface area contributed by atoms with Gasteiger partial charge < -0.3 is 24.8 Å². The molecule has 0 saturated heterocycles. The Morgan fingerprint density at radius 2 is 2.14 bits per heavy atom. The number of hydrogen-bond donors (Lipinski definition) is 2. The van der Waals surface area contributed by atoms with Gasteiger partial charge in [0.2, 0.25) is 5.28 Å². The number of carbonyl (C=O) groups excluding carboxylic acids is 1. The number of fused-ring (bicyclic) bond motifs is 2. The normalized spacial score (nSPS) is 11.2. The molecule has 0 radical (unpaired) electrons. The van der Waals surface area contributed by atoms with Gasteiger partial charge in [-0.1, -0.05) is 6.07 Å². The van der Waals surface area contributed by atoms with Gasteiger partial charge in [0, 0.05) is 31.0 Å². The monoisotopic (exact) mass is 413 g/mol. The number of imidazole rings is 1. The second-order valence-electron chi connectivity index (χ2n) is 6.56. The van der Waals surface area contributed by atoms with Crippen LogP contribution in [0.4, 0.5) is 10.6 Å². The van der Waals surface area contributed by atoms with Gasteiger partial charge in [0.05, 0.1) is 12.9 Å². The summed E-state index contributed by atoms with van der Waals surface area (Å²) in [7, 11) is 0. The van der Waals surface area contributed by atoms with E-state index < -0.39 is 6.09 Å². The number of ether oxygens (including phenoxy) is 1. The number of alkyl carbamates (subject to hydrolysis) is 1. The van der Waals surface area contributed by atoms with Crippen molar-refractivity contribution in [3.8, 4) is 0 Å². The maximum atomic E-state index is 11.9. The molecule has 3 N–H and O–H groups in total. The van der Waals surface area contributed by atoms with Crippen molar-refractivity contribution in [3.05, 3.63) is 53.8 Å². The maximum Gasteiger partial charge on any atom is 0.407 e. The van der Waals surface area contributed by atoms with E-state index in [4.69, 9.17) is 22.1 Å². The van der Waals surface area contributed by atoms with Crippen molar-refractivity contribution in [2.24, 2.45) is 0 Å². The van der Waals surface area contributed by atoms with E-state index in [1.54, 1.807) is 6.33 Å². The Hall–Kier alpha value is -3.33. The first-order valence-electron chi connectivity index (χ1n) is 9.20. The predicted molar refractivity (Wildman–Crippen MR) is 110 cm³/mol. The molecule has 0 atom stereocenters. The Morgan fingerprint density at radius 3 is 3.03 bits per heavy atom. The molecule has 0 fully saturated rings. The molecule has 0 aliphatic rings. The van der Waals surface area contributed by atoms with Crippen LogP contribution in [-0.4, -0.2) is 36.6 Å². The van der Waals surface area contributed by atoms with Gasteiger partial charge in [0.25, 0.3) is 0 Å². The summed E-state index contributed by atoms with van der Waals surface area (Å²) >= 11 is 5.86. The van der Waals surface area contributed by atoms with Gasteiger partial charge in [-0.15, -0.1) is 0 Å². The third kappa shape index (κ3) is 4.40. The van der Waals surface area contributed by atoms with Gasteiger partial charge in [-0.2, -0.15) is 9.97 Å². The van der Waals surface area contributed by atoms with E-state index in [0.29, 0.717) is 37.3 Å². The highest BCUT2D eigenvalue weighted by Crippen LogP contribution is 2.18. The summed E-state index contributed by atoms with van der Waals surface area (Å²) in [6.07, 6.45) is 6.66. The van der Waals surface area contributed by atoms with Gasteiger partial charge in [0.15, 0.2) is 11.5 Å². The van der Waals surface area contributed by atoms with Crippen LogP contribution >= 0.6 is 11.6 Å². The van der Waals surface area contributed by atoms with E-state index in [0.717, 1.165) is 17.5 Å². The number of nitrogen functional groups attached to an aromatic ring is 1. The first kappa shape index (κ1) is 19.0. The first-order chi connectivity index (χ1) is 14.1. The zero-order valence-electron chi connectivity index (χ0n) is 15.6. The van der Waals surface area contributed by atoms with E-state index in [-0.39, 0.29) is 11.1 Å². The molecule has 0 spiro atoms. The minimum absolute atomic E-state index is 0.0904.